The van der Waals surface area contributed by atoms with Gasteiger partial charge in [-0.15, -0.1) is 0 Å². The maximum Gasteiger partial charge on any atom is 0.322 e. The molecule has 1 saturated carbocycles. The SMILES string of the molecule is COc1ccc([N+](=O)[O-])cc1OC(=O)C1(c2ccc(Br)cc2)CCC1. The number of methoxy groups -OCH3 is 1. The number of non-ortho nitro benzene ring substituents is 1. The van der Waals surface area contributed by atoms with Crippen LogP contribution < -0.4 is 9.47 Å². The van der Waals surface area contributed by atoms with Crippen molar-refractivity contribution in [3.05, 3.63) is 62.6 Å². The zero-order valence-corrected chi connectivity index (χ0v) is 15.1. The standard InChI is InChI=1S/C18H16BrNO5/c1-24-15-8-7-14(20(22)23)11-16(15)25-17(21)18(9-2-10-18)12-3-5-13(19)6-4-12/h3-8,11H,2,9-10H2,1H3. The predicted octanol–water partition coefficient (Wildman–Crippen LogP) is 4.39. The minimum absolute atomic E-state index is 0.0603. The summed E-state index contributed by atoms with van der Waals surface area (Å²) in [6, 6.07) is 11.5. The Bertz CT molecular complexity index is 815. The highest BCUT2D eigenvalue weighted by molar-refractivity contribution is 9.10. The number of nitrogens with zero attached hydrogens (tertiary/aromatic N) is 1. The molecule has 6 nitrogen and oxygen atoms in total. The molecule has 0 N–H and O–H groups in total. The minimum atomic E-state index is -0.712. The van der Waals surface area contributed by atoms with Crippen molar-refractivity contribution in [2.24, 2.45) is 0 Å². The molecule has 1 fully saturated rings. The van der Waals surface area contributed by atoms with Gasteiger partial charge in [-0.2, -0.15) is 0 Å². The Morgan fingerprint density at radius 3 is 2.36 bits per heavy atom. The lowest BCUT2D eigenvalue weighted by atomic mass is 9.64. The molecule has 2 aromatic rings. The van der Waals surface area contributed by atoms with Gasteiger partial charge in [0.05, 0.1) is 23.5 Å². The lowest BCUT2D eigenvalue weighted by Crippen LogP contribution is -2.45. The molecule has 0 atom stereocenters. The summed E-state index contributed by atoms with van der Waals surface area (Å²) in [6.45, 7) is 0. The van der Waals surface area contributed by atoms with Gasteiger partial charge in [-0.25, -0.2) is 0 Å². The van der Waals surface area contributed by atoms with Crippen LogP contribution in [0.25, 0.3) is 0 Å². The van der Waals surface area contributed by atoms with E-state index in [9.17, 15) is 14.9 Å². The number of carbonyl (C=O) groups excluding carboxylic acids is 1. The number of nitro groups is 1. The monoisotopic (exact) mass is 405 g/mol. The van der Waals surface area contributed by atoms with Crippen LogP contribution in [-0.2, 0) is 10.2 Å². The topological polar surface area (TPSA) is 78.7 Å². The summed E-state index contributed by atoms with van der Waals surface area (Å²) < 4.78 is 11.6. The van der Waals surface area contributed by atoms with Crippen molar-refractivity contribution < 1.29 is 19.2 Å². The van der Waals surface area contributed by atoms with Gasteiger partial charge in [0.1, 0.15) is 0 Å². The van der Waals surface area contributed by atoms with Crippen LogP contribution in [0.15, 0.2) is 46.9 Å². The van der Waals surface area contributed by atoms with E-state index in [1.54, 1.807) is 0 Å². The Morgan fingerprint density at radius 1 is 1.16 bits per heavy atom. The van der Waals surface area contributed by atoms with Crippen molar-refractivity contribution >= 4 is 27.6 Å². The van der Waals surface area contributed by atoms with E-state index in [0.717, 1.165) is 16.5 Å². The number of esters is 1. The molecule has 25 heavy (non-hydrogen) atoms. The Hall–Kier alpha value is -2.41. The maximum atomic E-state index is 12.9. The molecule has 0 aromatic heterocycles. The Morgan fingerprint density at radius 2 is 1.84 bits per heavy atom. The van der Waals surface area contributed by atoms with Crippen molar-refractivity contribution in [2.45, 2.75) is 24.7 Å². The van der Waals surface area contributed by atoms with Gasteiger partial charge >= 0.3 is 5.97 Å². The molecule has 0 bridgehead atoms. The lowest BCUT2D eigenvalue weighted by Gasteiger charge is -2.39. The average Bonchev–Trinajstić information content (AvgIpc) is 2.55. The third kappa shape index (κ3) is 3.24. The summed E-state index contributed by atoms with van der Waals surface area (Å²) in [7, 11) is 1.42. The fourth-order valence-corrected chi connectivity index (χ4v) is 3.23. The fraction of sp³-hybridized carbons (Fsp3) is 0.278. The summed E-state index contributed by atoms with van der Waals surface area (Å²) >= 11 is 3.39. The summed E-state index contributed by atoms with van der Waals surface area (Å²) in [6.07, 6.45) is 2.30. The third-order valence-corrected chi connectivity index (χ3v) is 5.08. The van der Waals surface area contributed by atoms with E-state index in [-0.39, 0.29) is 17.2 Å². The van der Waals surface area contributed by atoms with Gasteiger partial charge in [-0.05, 0) is 36.6 Å². The Kier molecular flexibility index (Phi) is 4.76. The van der Waals surface area contributed by atoms with Gasteiger partial charge in [0.15, 0.2) is 11.5 Å². The molecule has 0 saturated heterocycles. The van der Waals surface area contributed by atoms with Crippen LogP contribution in [0.1, 0.15) is 24.8 Å². The smallest absolute Gasteiger partial charge is 0.322 e. The second-order valence-corrected chi connectivity index (χ2v) is 6.84. The molecule has 0 spiro atoms. The van der Waals surface area contributed by atoms with Crippen LogP contribution in [0.5, 0.6) is 11.5 Å². The molecule has 130 valence electrons. The number of carbonyl (C=O) groups is 1. The van der Waals surface area contributed by atoms with E-state index >= 15 is 0 Å². The van der Waals surface area contributed by atoms with E-state index in [0.29, 0.717) is 12.8 Å². The molecule has 7 heteroatoms. The Labute approximate surface area is 153 Å². The van der Waals surface area contributed by atoms with Crippen LogP contribution in [-0.4, -0.2) is 18.0 Å². The van der Waals surface area contributed by atoms with E-state index in [1.165, 1.54) is 25.3 Å². The first-order valence-electron chi connectivity index (χ1n) is 7.77. The first kappa shape index (κ1) is 17.4. The first-order chi connectivity index (χ1) is 12.0. The van der Waals surface area contributed by atoms with Gasteiger partial charge in [0, 0.05) is 10.5 Å². The van der Waals surface area contributed by atoms with Gasteiger partial charge in [0.25, 0.3) is 5.69 Å². The fourth-order valence-electron chi connectivity index (χ4n) is 2.97. The normalized spacial score (nSPS) is 15.1. The quantitative estimate of drug-likeness (QED) is 0.319. The van der Waals surface area contributed by atoms with E-state index in [1.807, 2.05) is 24.3 Å². The number of hydrogen-bond acceptors (Lipinski definition) is 5. The molecule has 0 aliphatic heterocycles. The largest absolute Gasteiger partial charge is 0.493 e. The number of halogens is 1. The molecule has 0 heterocycles. The van der Waals surface area contributed by atoms with Gasteiger partial charge in [-0.3, -0.25) is 14.9 Å². The highest BCUT2D eigenvalue weighted by atomic mass is 79.9. The molecule has 0 amide bonds. The number of benzene rings is 2. The second-order valence-electron chi connectivity index (χ2n) is 5.92. The van der Waals surface area contributed by atoms with Gasteiger partial charge < -0.3 is 9.47 Å². The molecule has 1 aliphatic rings. The van der Waals surface area contributed by atoms with Gasteiger partial charge in [-0.1, -0.05) is 34.5 Å². The summed E-state index contributed by atoms with van der Waals surface area (Å²) in [5.41, 5.74) is 0.0160. The number of rotatable bonds is 5. The third-order valence-electron chi connectivity index (χ3n) is 4.56. The minimum Gasteiger partial charge on any atom is -0.493 e. The molecular weight excluding hydrogens is 390 g/mol. The summed E-state index contributed by atoms with van der Waals surface area (Å²) in [5.74, 6) is -0.0748. The van der Waals surface area contributed by atoms with Gasteiger partial charge in [0.2, 0.25) is 0 Å². The van der Waals surface area contributed by atoms with Crippen molar-refractivity contribution in [2.75, 3.05) is 7.11 Å². The van der Waals surface area contributed by atoms with Crippen LogP contribution in [0.4, 0.5) is 5.69 Å². The summed E-state index contributed by atoms with van der Waals surface area (Å²) in [4.78, 5) is 23.3. The summed E-state index contributed by atoms with van der Waals surface area (Å²) in [5, 5.41) is 11.0. The Balaban J connectivity index is 1.91. The molecule has 3 rings (SSSR count). The molecular formula is C18H16BrNO5. The average molecular weight is 406 g/mol. The van der Waals surface area contributed by atoms with E-state index < -0.39 is 16.3 Å². The van der Waals surface area contributed by atoms with E-state index in [4.69, 9.17) is 9.47 Å². The first-order valence-corrected chi connectivity index (χ1v) is 8.56. The van der Waals surface area contributed by atoms with E-state index in [2.05, 4.69) is 15.9 Å². The molecule has 0 unspecified atom stereocenters. The second kappa shape index (κ2) is 6.84. The molecule has 2 aromatic carbocycles. The van der Waals surface area contributed by atoms with Crippen molar-refractivity contribution in [1.29, 1.82) is 0 Å². The number of hydrogen-bond donors (Lipinski definition) is 0. The number of nitro benzene ring substituents is 1. The van der Waals surface area contributed by atoms with Crippen molar-refractivity contribution in [3.8, 4) is 11.5 Å². The predicted molar refractivity (Wildman–Crippen MR) is 95.0 cm³/mol. The van der Waals surface area contributed by atoms with Crippen LogP contribution in [0.2, 0.25) is 0 Å². The van der Waals surface area contributed by atoms with Crippen LogP contribution >= 0.6 is 15.9 Å². The molecule has 1 aliphatic carbocycles. The zero-order valence-electron chi connectivity index (χ0n) is 13.5. The van der Waals surface area contributed by atoms with Crippen molar-refractivity contribution in [3.63, 3.8) is 0 Å². The highest BCUT2D eigenvalue weighted by Gasteiger charge is 2.47. The zero-order chi connectivity index (χ0) is 18.0. The van der Waals surface area contributed by atoms with Crippen LogP contribution in [0.3, 0.4) is 0 Å². The number of ether oxygens (including phenoxy) is 2. The lowest BCUT2D eigenvalue weighted by molar-refractivity contribution is -0.384. The highest BCUT2D eigenvalue weighted by Crippen LogP contribution is 2.46. The maximum absolute atomic E-state index is 12.9. The van der Waals surface area contributed by atoms with Crippen molar-refractivity contribution in [1.82, 2.24) is 0 Å². The molecule has 0 radical (unpaired) electrons. The van der Waals surface area contributed by atoms with Crippen LogP contribution in [0, 0.1) is 10.1 Å².